The van der Waals surface area contributed by atoms with Gasteiger partial charge in [0, 0.05) is 6.54 Å². The molecule has 1 aromatic rings. The first-order valence-corrected chi connectivity index (χ1v) is 7.21. The molecule has 21 heavy (non-hydrogen) atoms. The molecule has 0 radical (unpaired) electrons. The molecule has 0 saturated carbocycles. The van der Waals surface area contributed by atoms with Crippen LogP contribution in [0.3, 0.4) is 0 Å². The molecule has 2 rings (SSSR count). The second-order valence-electron chi connectivity index (χ2n) is 5.72. The third-order valence-corrected chi connectivity index (χ3v) is 3.92. The van der Waals surface area contributed by atoms with Crippen LogP contribution in [0.15, 0.2) is 18.2 Å². The largest absolute Gasteiger partial charge is 0.340 e. The lowest BCUT2D eigenvalue weighted by atomic mass is 9.95. The second-order valence-corrected chi connectivity index (χ2v) is 6.13. The lowest BCUT2D eigenvalue weighted by Gasteiger charge is -2.42. The lowest BCUT2D eigenvalue weighted by Crippen LogP contribution is -2.67. The highest BCUT2D eigenvalue weighted by atomic mass is 35.5. The molecule has 114 valence electrons. The highest BCUT2D eigenvalue weighted by Crippen LogP contribution is 2.24. The molecule has 4 nitrogen and oxygen atoms in total. The maximum Gasteiger partial charge on any atom is 0.248 e. The van der Waals surface area contributed by atoms with E-state index in [0.717, 1.165) is 0 Å². The fourth-order valence-electron chi connectivity index (χ4n) is 2.51. The molecule has 1 fully saturated rings. The van der Waals surface area contributed by atoms with Gasteiger partial charge in [-0.2, -0.15) is 0 Å². The first kappa shape index (κ1) is 15.8. The Kier molecular flexibility index (Phi) is 4.23. The first-order chi connectivity index (χ1) is 9.76. The van der Waals surface area contributed by atoms with Crippen LogP contribution in [0.5, 0.6) is 0 Å². The molecule has 1 N–H and O–H groups in total. The summed E-state index contributed by atoms with van der Waals surface area (Å²) in [6.07, 6.45) is 0.516. The van der Waals surface area contributed by atoms with Crippen molar-refractivity contribution in [3.8, 4) is 0 Å². The van der Waals surface area contributed by atoms with E-state index in [0.29, 0.717) is 12.0 Å². The van der Waals surface area contributed by atoms with Crippen LogP contribution in [-0.4, -0.2) is 28.3 Å². The van der Waals surface area contributed by atoms with Gasteiger partial charge in [-0.1, -0.05) is 24.6 Å². The summed E-state index contributed by atoms with van der Waals surface area (Å²) in [5.74, 6) is -0.833. The number of piperazine rings is 1. The van der Waals surface area contributed by atoms with E-state index < -0.39 is 17.4 Å². The van der Waals surface area contributed by atoms with Crippen molar-refractivity contribution in [3.05, 3.63) is 34.6 Å². The zero-order chi connectivity index (χ0) is 15.8. The summed E-state index contributed by atoms with van der Waals surface area (Å²) in [5, 5.41) is 2.73. The predicted octanol–water partition coefficient (Wildman–Crippen LogP) is 2.49. The van der Waals surface area contributed by atoms with Gasteiger partial charge in [0.05, 0.1) is 5.02 Å². The van der Waals surface area contributed by atoms with Gasteiger partial charge in [0.2, 0.25) is 11.8 Å². The molecule has 2 amide bonds. The molecular formula is C15H18ClFN2O2. The summed E-state index contributed by atoms with van der Waals surface area (Å²) in [4.78, 5) is 26.2. The van der Waals surface area contributed by atoms with Crippen molar-refractivity contribution in [2.45, 2.75) is 45.3 Å². The van der Waals surface area contributed by atoms with Crippen LogP contribution in [0.25, 0.3) is 0 Å². The number of halogens is 2. The molecule has 1 saturated heterocycles. The minimum atomic E-state index is -0.938. The van der Waals surface area contributed by atoms with Gasteiger partial charge in [-0.15, -0.1) is 0 Å². The van der Waals surface area contributed by atoms with Crippen LogP contribution >= 0.6 is 11.6 Å². The third kappa shape index (κ3) is 3.02. The average molecular weight is 313 g/mol. The fraction of sp³-hybridized carbons (Fsp3) is 0.467. The van der Waals surface area contributed by atoms with Gasteiger partial charge in [0.25, 0.3) is 0 Å². The highest BCUT2D eigenvalue weighted by Gasteiger charge is 2.44. The summed E-state index contributed by atoms with van der Waals surface area (Å²) >= 11 is 5.77. The summed E-state index contributed by atoms with van der Waals surface area (Å²) in [7, 11) is 0. The van der Waals surface area contributed by atoms with E-state index in [1.165, 1.54) is 17.0 Å². The van der Waals surface area contributed by atoms with E-state index in [2.05, 4.69) is 5.32 Å². The summed E-state index contributed by atoms with van der Waals surface area (Å²) in [5.41, 5.74) is -0.245. The van der Waals surface area contributed by atoms with Crippen LogP contribution in [0.4, 0.5) is 4.39 Å². The molecule has 1 aliphatic heterocycles. The lowest BCUT2D eigenvalue weighted by molar-refractivity contribution is -0.154. The molecule has 6 heteroatoms. The Morgan fingerprint density at radius 2 is 2.05 bits per heavy atom. The number of nitrogens with zero attached hydrogens (tertiary/aromatic N) is 1. The van der Waals surface area contributed by atoms with Gasteiger partial charge >= 0.3 is 0 Å². The fourth-order valence-corrected chi connectivity index (χ4v) is 2.71. The molecule has 0 aliphatic carbocycles. The van der Waals surface area contributed by atoms with E-state index in [1.807, 2.05) is 6.92 Å². The number of rotatable bonds is 3. The number of carbonyl (C=O) groups excluding carboxylic acids is 2. The number of hydrogen-bond donors (Lipinski definition) is 1. The van der Waals surface area contributed by atoms with Gasteiger partial charge < -0.3 is 10.2 Å². The maximum absolute atomic E-state index is 13.2. The Morgan fingerprint density at radius 1 is 1.38 bits per heavy atom. The SMILES string of the molecule is CCC1C(=O)NC(C)(C)C(=O)N1Cc1ccc(F)c(Cl)c1. The molecule has 1 aliphatic rings. The number of nitrogens with one attached hydrogen (secondary N) is 1. The zero-order valence-corrected chi connectivity index (χ0v) is 13.0. The van der Waals surface area contributed by atoms with Crippen molar-refractivity contribution in [1.29, 1.82) is 0 Å². The third-order valence-electron chi connectivity index (χ3n) is 3.63. The van der Waals surface area contributed by atoms with E-state index in [9.17, 15) is 14.0 Å². The van der Waals surface area contributed by atoms with Crippen molar-refractivity contribution < 1.29 is 14.0 Å². The van der Waals surface area contributed by atoms with Crippen LogP contribution in [0.2, 0.25) is 5.02 Å². The topological polar surface area (TPSA) is 49.4 Å². The molecular weight excluding hydrogens is 295 g/mol. The summed E-state index contributed by atoms with van der Waals surface area (Å²) in [6, 6.07) is 3.80. The molecule has 0 spiro atoms. The van der Waals surface area contributed by atoms with Gasteiger partial charge in [0.15, 0.2) is 0 Å². The number of carbonyl (C=O) groups is 2. The van der Waals surface area contributed by atoms with Crippen molar-refractivity contribution >= 4 is 23.4 Å². The minimum Gasteiger partial charge on any atom is -0.340 e. The number of amides is 2. The van der Waals surface area contributed by atoms with E-state index in [4.69, 9.17) is 11.6 Å². The summed E-state index contributed by atoms with van der Waals surface area (Å²) in [6.45, 7) is 5.42. The van der Waals surface area contributed by atoms with Crippen LogP contribution in [-0.2, 0) is 16.1 Å². The number of hydrogen-bond acceptors (Lipinski definition) is 2. The molecule has 1 heterocycles. The van der Waals surface area contributed by atoms with E-state index in [1.54, 1.807) is 19.9 Å². The average Bonchev–Trinajstić information content (AvgIpc) is 2.40. The normalized spacial score (nSPS) is 21.4. The standard InChI is InChI=1S/C15H18ClFN2O2/c1-4-12-13(20)18-15(2,3)14(21)19(12)8-9-5-6-11(17)10(16)7-9/h5-7,12H,4,8H2,1-3H3,(H,18,20). The second kappa shape index (κ2) is 5.64. The Balaban J connectivity index is 2.31. The molecule has 1 unspecified atom stereocenters. The van der Waals surface area contributed by atoms with E-state index >= 15 is 0 Å². The minimum absolute atomic E-state index is 0.00807. The van der Waals surface area contributed by atoms with E-state index in [-0.39, 0.29) is 23.4 Å². The predicted molar refractivity (Wildman–Crippen MR) is 78.3 cm³/mol. The number of benzene rings is 1. The van der Waals surface area contributed by atoms with Gasteiger partial charge in [-0.05, 0) is 38.0 Å². The monoisotopic (exact) mass is 312 g/mol. The van der Waals surface area contributed by atoms with Gasteiger partial charge in [0.1, 0.15) is 17.4 Å². The maximum atomic E-state index is 13.2. The molecule has 0 bridgehead atoms. The van der Waals surface area contributed by atoms with Crippen LogP contribution in [0, 0.1) is 5.82 Å². The first-order valence-electron chi connectivity index (χ1n) is 6.83. The smallest absolute Gasteiger partial charge is 0.248 e. The molecule has 0 aromatic heterocycles. The zero-order valence-electron chi connectivity index (χ0n) is 12.2. The quantitative estimate of drug-likeness (QED) is 0.932. The highest BCUT2D eigenvalue weighted by molar-refractivity contribution is 6.30. The molecule has 1 aromatic carbocycles. The Hall–Kier alpha value is -1.62. The molecule has 1 atom stereocenters. The van der Waals surface area contributed by atoms with Crippen molar-refractivity contribution in [3.63, 3.8) is 0 Å². The Morgan fingerprint density at radius 3 is 2.62 bits per heavy atom. The van der Waals surface area contributed by atoms with Crippen LogP contribution < -0.4 is 5.32 Å². The Bertz CT molecular complexity index is 589. The van der Waals surface area contributed by atoms with Crippen molar-refractivity contribution in [2.24, 2.45) is 0 Å². The van der Waals surface area contributed by atoms with Gasteiger partial charge in [-0.3, -0.25) is 9.59 Å². The van der Waals surface area contributed by atoms with Crippen LogP contribution in [0.1, 0.15) is 32.8 Å². The van der Waals surface area contributed by atoms with Gasteiger partial charge in [-0.25, -0.2) is 4.39 Å². The summed E-state index contributed by atoms with van der Waals surface area (Å²) < 4.78 is 13.2. The van der Waals surface area contributed by atoms with Crippen molar-refractivity contribution in [1.82, 2.24) is 10.2 Å². The van der Waals surface area contributed by atoms with Crippen molar-refractivity contribution in [2.75, 3.05) is 0 Å². The Labute approximate surface area is 128 Å².